The Balaban J connectivity index is 1.80. The molecule has 0 saturated carbocycles. The summed E-state index contributed by atoms with van der Waals surface area (Å²) in [5.41, 5.74) is 2.47. The highest BCUT2D eigenvalue weighted by molar-refractivity contribution is 6.33. The zero-order valence-corrected chi connectivity index (χ0v) is 13.9. The fourth-order valence-electron chi connectivity index (χ4n) is 2.95. The molecule has 1 fully saturated rings. The van der Waals surface area contributed by atoms with Gasteiger partial charge >= 0.3 is 5.97 Å². The molecule has 1 amide bonds. The number of carbonyl (C=O) groups is 2. The molecule has 124 valence electrons. The first-order chi connectivity index (χ1) is 11.6. The van der Waals surface area contributed by atoms with Crippen molar-refractivity contribution in [2.75, 3.05) is 13.1 Å². The molecule has 0 radical (unpaired) electrons. The Labute approximate surface area is 145 Å². The summed E-state index contributed by atoms with van der Waals surface area (Å²) < 4.78 is 0. The number of piperidine rings is 1. The maximum Gasteiger partial charge on any atom is 0.337 e. The second-order valence-corrected chi connectivity index (χ2v) is 6.34. The van der Waals surface area contributed by atoms with E-state index in [9.17, 15) is 9.59 Å². The lowest BCUT2D eigenvalue weighted by Crippen LogP contribution is -2.35. The molecule has 1 heterocycles. The number of amides is 1. The minimum absolute atomic E-state index is 0.0699. The maximum atomic E-state index is 12.5. The molecule has 0 unspecified atom stereocenters. The molecular formula is C19H18ClNO3. The van der Waals surface area contributed by atoms with Crippen LogP contribution in [0, 0.1) is 0 Å². The maximum absolute atomic E-state index is 12.5. The summed E-state index contributed by atoms with van der Waals surface area (Å²) in [6, 6.07) is 12.2. The summed E-state index contributed by atoms with van der Waals surface area (Å²) in [5.74, 6) is -0.977. The van der Waals surface area contributed by atoms with Crippen LogP contribution in [-0.4, -0.2) is 35.0 Å². The van der Waals surface area contributed by atoms with E-state index in [2.05, 4.69) is 0 Å². The molecule has 1 saturated heterocycles. The monoisotopic (exact) mass is 343 g/mol. The number of halogens is 1. The van der Waals surface area contributed by atoms with Gasteiger partial charge in [0, 0.05) is 18.7 Å². The number of carbonyl (C=O) groups excluding carboxylic acids is 1. The first kappa shape index (κ1) is 16.5. The average Bonchev–Trinajstić information content (AvgIpc) is 2.61. The number of carboxylic acids is 1. The smallest absolute Gasteiger partial charge is 0.337 e. The Bertz CT molecular complexity index is 765. The van der Waals surface area contributed by atoms with E-state index in [0.717, 1.165) is 37.1 Å². The number of aromatic carboxylic acids is 1. The van der Waals surface area contributed by atoms with Crippen molar-refractivity contribution in [1.29, 1.82) is 0 Å². The van der Waals surface area contributed by atoms with Crippen LogP contribution in [-0.2, 0) is 0 Å². The van der Waals surface area contributed by atoms with Crippen molar-refractivity contribution in [1.82, 2.24) is 4.90 Å². The molecule has 2 aromatic carbocycles. The summed E-state index contributed by atoms with van der Waals surface area (Å²) in [4.78, 5) is 25.4. The highest BCUT2D eigenvalue weighted by Crippen LogP contribution is 2.26. The lowest BCUT2D eigenvalue weighted by atomic mass is 10.0. The molecule has 1 aliphatic rings. The zero-order valence-electron chi connectivity index (χ0n) is 13.2. The quantitative estimate of drug-likeness (QED) is 0.902. The fourth-order valence-corrected chi connectivity index (χ4v) is 3.21. The lowest BCUT2D eigenvalue weighted by Gasteiger charge is -2.26. The SMILES string of the molecule is O=C(O)c1ccc(-c2ccc(C(=O)N3CCCCC3)cc2)cc1Cl. The molecule has 5 heteroatoms. The van der Waals surface area contributed by atoms with Crippen molar-refractivity contribution in [2.24, 2.45) is 0 Å². The number of hydrogen-bond acceptors (Lipinski definition) is 2. The fraction of sp³-hybridized carbons (Fsp3) is 0.263. The second kappa shape index (κ2) is 7.05. The molecule has 1 aliphatic heterocycles. The molecule has 0 aliphatic carbocycles. The van der Waals surface area contributed by atoms with E-state index in [0.29, 0.717) is 5.56 Å². The van der Waals surface area contributed by atoms with E-state index in [1.165, 1.54) is 12.5 Å². The molecule has 1 N–H and O–H groups in total. The van der Waals surface area contributed by atoms with Crippen molar-refractivity contribution < 1.29 is 14.7 Å². The number of rotatable bonds is 3. The summed E-state index contributed by atoms with van der Waals surface area (Å²) >= 11 is 6.02. The van der Waals surface area contributed by atoms with Crippen LogP contribution in [0.15, 0.2) is 42.5 Å². The number of nitrogens with zero attached hydrogens (tertiary/aromatic N) is 1. The molecule has 2 aromatic rings. The van der Waals surface area contributed by atoms with E-state index in [4.69, 9.17) is 16.7 Å². The standard InChI is InChI=1S/C19H18ClNO3/c20-17-12-15(8-9-16(17)19(23)24)13-4-6-14(7-5-13)18(22)21-10-2-1-3-11-21/h4-9,12H,1-3,10-11H2,(H,23,24). The molecule has 24 heavy (non-hydrogen) atoms. The van der Waals surface area contributed by atoms with Gasteiger partial charge in [0.2, 0.25) is 0 Å². The molecule has 0 atom stereocenters. The van der Waals surface area contributed by atoms with E-state index in [1.807, 2.05) is 29.2 Å². The van der Waals surface area contributed by atoms with Crippen molar-refractivity contribution in [2.45, 2.75) is 19.3 Å². The zero-order chi connectivity index (χ0) is 17.1. The van der Waals surface area contributed by atoms with E-state index in [-0.39, 0.29) is 16.5 Å². The highest BCUT2D eigenvalue weighted by Gasteiger charge is 2.18. The minimum Gasteiger partial charge on any atom is -0.478 e. The van der Waals surface area contributed by atoms with Crippen LogP contribution in [0.25, 0.3) is 11.1 Å². The van der Waals surface area contributed by atoms with Crippen LogP contribution in [0.3, 0.4) is 0 Å². The Morgan fingerprint density at radius 2 is 1.54 bits per heavy atom. The van der Waals surface area contributed by atoms with Gasteiger partial charge in [-0.1, -0.05) is 29.8 Å². The van der Waals surface area contributed by atoms with E-state index in [1.54, 1.807) is 12.1 Å². The Morgan fingerprint density at radius 1 is 0.917 bits per heavy atom. The molecule has 0 aromatic heterocycles. The van der Waals surface area contributed by atoms with Gasteiger partial charge in [0.25, 0.3) is 5.91 Å². The summed E-state index contributed by atoms with van der Waals surface area (Å²) in [7, 11) is 0. The number of carboxylic acid groups (broad SMARTS) is 1. The molecule has 4 nitrogen and oxygen atoms in total. The largest absolute Gasteiger partial charge is 0.478 e. The van der Waals surface area contributed by atoms with Crippen LogP contribution in [0.5, 0.6) is 0 Å². The summed E-state index contributed by atoms with van der Waals surface area (Å²) in [6.07, 6.45) is 3.33. The van der Waals surface area contributed by atoms with Gasteiger partial charge in [0.05, 0.1) is 10.6 Å². The van der Waals surface area contributed by atoms with Crippen molar-refractivity contribution in [3.8, 4) is 11.1 Å². The predicted octanol–water partition coefficient (Wildman–Crippen LogP) is 4.33. The van der Waals surface area contributed by atoms with Gasteiger partial charge in [-0.05, 0) is 54.7 Å². The van der Waals surface area contributed by atoms with Crippen LogP contribution >= 0.6 is 11.6 Å². The van der Waals surface area contributed by atoms with Crippen LogP contribution in [0.2, 0.25) is 5.02 Å². The Hall–Kier alpha value is -2.33. The van der Waals surface area contributed by atoms with Crippen molar-refractivity contribution >= 4 is 23.5 Å². The van der Waals surface area contributed by atoms with Gasteiger partial charge in [-0.2, -0.15) is 0 Å². The molecule has 3 rings (SSSR count). The number of hydrogen-bond donors (Lipinski definition) is 1. The van der Waals surface area contributed by atoms with Crippen LogP contribution < -0.4 is 0 Å². The first-order valence-corrected chi connectivity index (χ1v) is 8.36. The summed E-state index contributed by atoms with van der Waals surface area (Å²) in [5, 5.41) is 9.22. The van der Waals surface area contributed by atoms with E-state index >= 15 is 0 Å². The van der Waals surface area contributed by atoms with Crippen molar-refractivity contribution in [3.05, 3.63) is 58.6 Å². The topological polar surface area (TPSA) is 57.6 Å². The van der Waals surface area contributed by atoms with Gasteiger partial charge in [-0.3, -0.25) is 4.79 Å². The second-order valence-electron chi connectivity index (χ2n) is 5.93. The average molecular weight is 344 g/mol. The predicted molar refractivity (Wildman–Crippen MR) is 93.6 cm³/mol. The molecular weight excluding hydrogens is 326 g/mol. The van der Waals surface area contributed by atoms with Gasteiger partial charge in [-0.25, -0.2) is 4.79 Å². The first-order valence-electron chi connectivity index (χ1n) is 7.99. The summed E-state index contributed by atoms with van der Waals surface area (Å²) in [6.45, 7) is 1.65. The van der Waals surface area contributed by atoms with Gasteiger partial charge in [0.1, 0.15) is 0 Å². The van der Waals surface area contributed by atoms with Crippen molar-refractivity contribution in [3.63, 3.8) is 0 Å². The normalized spacial score (nSPS) is 14.5. The Morgan fingerprint density at radius 3 is 2.12 bits per heavy atom. The highest BCUT2D eigenvalue weighted by atomic mass is 35.5. The third-order valence-corrected chi connectivity index (χ3v) is 4.62. The lowest BCUT2D eigenvalue weighted by molar-refractivity contribution is 0.0694. The third-order valence-electron chi connectivity index (χ3n) is 4.31. The van der Waals surface area contributed by atoms with Crippen LogP contribution in [0.1, 0.15) is 40.0 Å². The molecule has 0 bridgehead atoms. The van der Waals surface area contributed by atoms with Gasteiger partial charge < -0.3 is 10.0 Å². The third kappa shape index (κ3) is 3.44. The van der Waals surface area contributed by atoms with Gasteiger partial charge in [-0.15, -0.1) is 0 Å². The minimum atomic E-state index is -1.05. The van der Waals surface area contributed by atoms with Gasteiger partial charge in [0.15, 0.2) is 0 Å². The number of benzene rings is 2. The van der Waals surface area contributed by atoms with Crippen LogP contribution in [0.4, 0.5) is 0 Å². The Kier molecular flexibility index (Phi) is 4.86. The molecule has 0 spiro atoms. The van der Waals surface area contributed by atoms with E-state index < -0.39 is 5.97 Å². The number of likely N-dealkylation sites (tertiary alicyclic amines) is 1.